The lowest BCUT2D eigenvalue weighted by Crippen LogP contribution is -2.07. The van der Waals surface area contributed by atoms with Crippen molar-refractivity contribution in [3.8, 4) is 28.0 Å². The van der Waals surface area contributed by atoms with E-state index in [9.17, 15) is 4.79 Å². The Bertz CT molecular complexity index is 968. The molecule has 0 bridgehead atoms. The largest absolute Gasteiger partial charge is 0.496 e. The van der Waals surface area contributed by atoms with Gasteiger partial charge in [-0.2, -0.15) is 0 Å². The monoisotopic (exact) mass is 444 g/mol. The van der Waals surface area contributed by atoms with E-state index in [4.69, 9.17) is 21.1 Å². The molecule has 0 fully saturated rings. The maximum absolute atomic E-state index is 12.6. The summed E-state index contributed by atoms with van der Waals surface area (Å²) in [6, 6.07) is 18.9. The Balaban J connectivity index is 2.16. The van der Waals surface area contributed by atoms with Crippen LogP contribution in [0.5, 0.6) is 5.75 Å². The molecule has 5 heteroatoms. The lowest BCUT2D eigenvalue weighted by molar-refractivity contribution is 0.0527. The van der Waals surface area contributed by atoms with E-state index in [0.717, 1.165) is 26.7 Å². The third-order valence-corrected chi connectivity index (χ3v) is 4.89. The first kappa shape index (κ1) is 19.5. The normalized spacial score (nSPS) is 10.5. The number of benzene rings is 3. The molecule has 0 unspecified atom stereocenters. The summed E-state index contributed by atoms with van der Waals surface area (Å²) in [6.07, 6.45) is 0. The van der Waals surface area contributed by atoms with Crippen molar-refractivity contribution >= 4 is 33.5 Å². The van der Waals surface area contributed by atoms with Gasteiger partial charge in [-0.25, -0.2) is 4.79 Å². The highest BCUT2D eigenvalue weighted by Crippen LogP contribution is 2.36. The summed E-state index contributed by atoms with van der Waals surface area (Å²) in [4.78, 5) is 12.6. The van der Waals surface area contributed by atoms with Gasteiger partial charge in [0.25, 0.3) is 0 Å². The molecule has 0 spiro atoms. The average Bonchev–Trinajstić information content (AvgIpc) is 2.68. The molecule has 0 saturated carbocycles. The van der Waals surface area contributed by atoms with E-state index in [2.05, 4.69) is 15.9 Å². The molecule has 0 atom stereocenters. The van der Waals surface area contributed by atoms with E-state index in [1.165, 1.54) is 0 Å². The van der Waals surface area contributed by atoms with Crippen molar-refractivity contribution in [2.45, 2.75) is 6.92 Å². The Labute approximate surface area is 172 Å². The number of halogens is 2. The van der Waals surface area contributed by atoms with E-state index >= 15 is 0 Å². The zero-order valence-corrected chi connectivity index (χ0v) is 17.3. The fourth-order valence-corrected chi connectivity index (χ4v) is 3.33. The van der Waals surface area contributed by atoms with Gasteiger partial charge in [0.2, 0.25) is 0 Å². The van der Waals surface area contributed by atoms with Crippen LogP contribution in [0.15, 0.2) is 65.1 Å². The summed E-state index contributed by atoms with van der Waals surface area (Å²) >= 11 is 9.43. The van der Waals surface area contributed by atoms with Crippen molar-refractivity contribution in [1.82, 2.24) is 0 Å². The van der Waals surface area contributed by atoms with Gasteiger partial charge in [0, 0.05) is 15.1 Å². The summed E-state index contributed by atoms with van der Waals surface area (Å²) in [7, 11) is 1.61. The molecular formula is C22H18BrClO3. The highest BCUT2D eigenvalue weighted by molar-refractivity contribution is 9.10. The zero-order chi connectivity index (χ0) is 19.4. The summed E-state index contributed by atoms with van der Waals surface area (Å²) < 4.78 is 11.7. The molecule has 3 aromatic rings. The molecule has 0 N–H and O–H groups in total. The van der Waals surface area contributed by atoms with Gasteiger partial charge in [-0.15, -0.1) is 0 Å². The maximum Gasteiger partial charge on any atom is 0.338 e. The van der Waals surface area contributed by atoms with Crippen LogP contribution in [-0.2, 0) is 4.74 Å². The third kappa shape index (κ3) is 4.34. The molecule has 27 heavy (non-hydrogen) atoms. The van der Waals surface area contributed by atoms with E-state index in [0.29, 0.717) is 22.9 Å². The molecular weight excluding hydrogens is 428 g/mol. The van der Waals surface area contributed by atoms with E-state index < -0.39 is 0 Å². The van der Waals surface area contributed by atoms with Gasteiger partial charge in [0.1, 0.15) is 5.75 Å². The van der Waals surface area contributed by atoms with Crippen molar-refractivity contribution in [1.29, 1.82) is 0 Å². The summed E-state index contributed by atoms with van der Waals surface area (Å²) in [6.45, 7) is 2.10. The Morgan fingerprint density at radius 1 is 0.963 bits per heavy atom. The van der Waals surface area contributed by atoms with Crippen LogP contribution >= 0.6 is 27.5 Å². The molecule has 0 saturated heterocycles. The van der Waals surface area contributed by atoms with E-state index in [1.807, 2.05) is 60.7 Å². The molecule has 3 nitrogen and oxygen atoms in total. The van der Waals surface area contributed by atoms with E-state index in [-0.39, 0.29) is 5.97 Å². The number of esters is 1. The van der Waals surface area contributed by atoms with Crippen LogP contribution in [-0.4, -0.2) is 19.7 Å². The second-order valence-electron chi connectivity index (χ2n) is 5.83. The zero-order valence-electron chi connectivity index (χ0n) is 15.0. The van der Waals surface area contributed by atoms with Gasteiger partial charge in [0.15, 0.2) is 0 Å². The van der Waals surface area contributed by atoms with Crippen LogP contribution in [0.25, 0.3) is 22.3 Å². The van der Waals surface area contributed by atoms with Crippen molar-refractivity contribution in [3.63, 3.8) is 0 Å². The highest BCUT2D eigenvalue weighted by atomic mass is 79.9. The van der Waals surface area contributed by atoms with Crippen LogP contribution in [0.3, 0.4) is 0 Å². The Hall–Kier alpha value is -2.30. The molecule has 0 aliphatic carbocycles. The summed E-state index contributed by atoms with van der Waals surface area (Å²) in [5.41, 5.74) is 3.96. The predicted molar refractivity (Wildman–Crippen MR) is 113 cm³/mol. The SMILES string of the molecule is CCOC(=O)c1cc(-c2ccc(Cl)cc2)ccc1-c1ccc(Br)cc1OC. The number of hydrogen-bond acceptors (Lipinski definition) is 3. The first-order chi connectivity index (χ1) is 13.0. The number of rotatable bonds is 5. The molecule has 3 rings (SSSR count). The number of carbonyl (C=O) groups is 1. The molecule has 0 amide bonds. The lowest BCUT2D eigenvalue weighted by Gasteiger charge is -2.14. The Morgan fingerprint density at radius 3 is 2.30 bits per heavy atom. The van der Waals surface area contributed by atoms with Gasteiger partial charge in [-0.1, -0.05) is 51.8 Å². The first-order valence-corrected chi connectivity index (χ1v) is 9.61. The fraction of sp³-hybridized carbons (Fsp3) is 0.136. The van der Waals surface area contributed by atoms with Gasteiger partial charge in [-0.05, 0) is 60.0 Å². The van der Waals surface area contributed by atoms with Gasteiger partial charge in [0.05, 0.1) is 19.3 Å². The molecule has 0 aliphatic rings. The number of hydrogen-bond donors (Lipinski definition) is 0. The van der Waals surface area contributed by atoms with Crippen LogP contribution in [0.2, 0.25) is 5.02 Å². The summed E-state index contributed by atoms with van der Waals surface area (Å²) in [5, 5.41) is 0.667. The Morgan fingerprint density at radius 2 is 1.63 bits per heavy atom. The smallest absolute Gasteiger partial charge is 0.338 e. The van der Waals surface area contributed by atoms with Crippen molar-refractivity contribution in [3.05, 3.63) is 75.7 Å². The molecule has 0 aliphatic heterocycles. The minimum Gasteiger partial charge on any atom is -0.496 e. The van der Waals surface area contributed by atoms with E-state index in [1.54, 1.807) is 14.0 Å². The topological polar surface area (TPSA) is 35.5 Å². The number of carbonyl (C=O) groups excluding carboxylic acids is 1. The minimum atomic E-state index is -0.367. The van der Waals surface area contributed by atoms with Gasteiger partial charge >= 0.3 is 5.97 Å². The second-order valence-corrected chi connectivity index (χ2v) is 7.18. The third-order valence-electron chi connectivity index (χ3n) is 4.15. The summed E-state index contributed by atoms with van der Waals surface area (Å²) in [5.74, 6) is 0.308. The Kier molecular flexibility index (Phi) is 6.19. The van der Waals surface area contributed by atoms with Crippen LogP contribution in [0.4, 0.5) is 0 Å². The number of ether oxygens (including phenoxy) is 2. The molecule has 138 valence electrons. The van der Waals surface area contributed by atoms with Crippen LogP contribution < -0.4 is 4.74 Å². The van der Waals surface area contributed by atoms with Gasteiger partial charge in [-0.3, -0.25) is 0 Å². The second kappa shape index (κ2) is 8.59. The lowest BCUT2D eigenvalue weighted by atomic mass is 9.94. The molecule has 0 heterocycles. The van der Waals surface area contributed by atoms with Gasteiger partial charge < -0.3 is 9.47 Å². The molecule has 0 radical (unpaired) electrons. The maximum atomic E-state index is 12.6. The predicted octanol–water partition coefficient (Wildman–Crippen LogP) is 6.62. The fourth-order valence-electron chi connectivity index (χ4n) is 2.87. The average molecular weight is 446 g/mol. The van der Waals surface area contributed by atoms with Crippen molar-refractivity contribution < 1.29 is 14.3 Å². The highest BCUT2D eigenvalue weighted by Gasteiger charge is 2.18. The molecule has 3 aromatic carbocycles. The minimum absolute atomic E-state index is 0.306. The quantitative estimate of drug-likeness (QED) is 0.414. The standard InChI is InChI=1S/C22H18BrClO3/c1-3-27-22(25)20-12-15(14-4-8-17(24)9-5-14)6-10-18(20)19-11-7-16(23)13-21(19)26-2/h4-13H,3H2,1-2H3. The first-order valence-electron chi connectivity index (χ1n) is 8.44. The van der Waals surface area contributed by atoms with Crippen LogP contribution in [0, 0.1) is 0 Å². The van der Waals surface area contributed by atoms with Crippen LogP contribution in [0.1, 0.15) is 17.3 Å². The molecule has 0 aromatic heterocycles. The number of methoxy groups -OCH3 is 1. The van der Waals surface area contributed by atoms with Crippen molar-refractivity contribution in [2.24, 2.45) is 0 Å². The van der Waals surface area contributed by atoms with Crippen molar-refractivity contribution in [2.75, 3.05) is 13.7 Å².